The Morgan fingerprint density at radius 3 is 2.25 bits per heavy atom. The number of anilines is 1. The number of alkyl halides is 3. The molecule has 1 aliphatic rings. The normalized spacial score (nSPS) is 13.2. The van der Waals surface area contributed by atoms with Crippen molar-refractivity contribution in [1.82, 2.24) is 15.1 Å². The standard InChI is InChI=1S/C31H33F3N4O6/c1-43-26-11-6-23(27(19-26)31(32,33)34)18-28(40)36-24-7-4-22(5-8-24)29(41)38(16-17-39)20-21-2-9-25(10-3-21)44-30(42)37-14-12-35-13-15-37/h2-11,19,35,39H,12-18,20H2,1H3,(H,36,40). The molecule has 0 aromatic heterocycles. The minimum Gasteiger partial charge on any atom is -0.497 e. The third-order valence-electron chi connectivity index (χ3n) is 6.92. The van der Waals surface area contributed by atoms with E-state index in [1.807, 2.05) is 0 Å². The number of aliphatic hydroxyl groups excluding tert-OH is 1. The van der Waals surface area contributed by atoms with E-state index in [9.17, 15) is 32.7 Å². The Labute approximate surface area is 252 Å². The quantitative estimate of drug-likeness (QED) is 0.317. The number of hydrogen-bond donors (Lipinski definition) is 3. The number of piperazine rings is 1. The molecule has 0 saturated carbocycles. The molecule has 10 nitrogen and oxygen atoms in total. The number of halogens is 3. The molecule has 3 amide bonds. The second-order valence-corrected chi connectivity index (χ2v) is 10.0. The largest absolute Gasteiger partial charge is 0.497 e. The molecule has 0 aliphatic carbocycles. The molecule has 1 fully saturated rings. The van der Waals surface area contributed by atoms with Crippen LogP contribution in [-0.4, -0.2) is 79.3 Å². The van der Waals surface area contributed by atoms with Gasteiger partial charge < -0.3 is 35.0 Å². The summed E-state index contributed by atoms with van der Waals surface area (Å²) >= 11 is 0. The van der Waals surface area contributed by atoms with Crippen molar-refractivity contribution in [2.45, 2.75) is 19.1 Å². The van der Waals surface area contributed by atoms with Gasteiger partial charge in [-0.05, 0) is 59.7 Å². The number of ether oxygens (including phenoxy) is 2. The molecule has 3 aromatic carbocycles. The predicted octanol–water partition coefficient (Wildman–Crippen LogP) is 3.93. The minimum atomic E-state index is -4.66. The molecule has 13 heteroatoms. The van der Waals surface area contributed by atoms with Gasteiger partial charge in [0, 0.05) is 50.5 Å². The van der Waals surface area contributed by atoms with E-state index in [0.29, 0.717) is 37.6 Å². The summed E-state index contributed by atoms with van der Waals surface area (Å²) in [4.78, 5) is 41.2. The van der Waals surface area contributed by atoms with E-state index < -0.39 is 30.2 Å². The van der Waals surface area contributed by atoms with Crippen LogP contribution in [0.3, 0.4) is 0 Å². The lowest BCUT2D eigenvalue weighted by atomic mass is 10.0. The van der Waals surface area contributed by atoms with Crippen molar-refractivity contribution in [1.29, 1.82) is 0 Å². The average Bonchev–Trinajstić information content (AvgIpc) is 3.02. The van der Waals surface area contributed by atoms with Gasteiger partial charge in [0.2, 0.25) is 5.91 Å². The van der Waals surface area contributed by atoms with Crippen LogP contribution in [0, 0.1) is 0 Å². The molecular weight excluding hydrogens is 581 g/mol. The number of carbonyl (C=O) groups is 3. The lowest BCUT2D eigenvalue weighted by Gasteiger charge is -2.26. The highest BCUT2D eigenvalue weighted by molar-refractivity contribution is 5.96. The van der Waals surface area contributed by atoms with Crippen molar-refractivity contribution in [3.8, 4) is 11.5 Å². The Morgan fingerprint density at radius 2 is 1.64 bits per heavy atom. The van der Waals surface area contributed by atoms with Crippen molar-refractivity contribution < 1.29 is 42.1 Å². The third-order valence-corrected chi connectivity index (χ3v) is 6.92. The molecule has 1 saturated heterocycles. The van der Waals surface area contributed by atoms with E-state index in [1.165, 1.54) is 48.4 Å². The number of carbonyl (C=O) groups excluding carboxylic acids is 3. The van der Waals surface area contributed by atoms with Gasteiger partial charge in [0.1, 0.15) is 11.5 Å². The van der Waals surface area contributed by atoms with Crippen LogP contribution in [-0.2, 0) is 23.9 Å². The van der Waals surface area contributed by atoms with Crippen LogP contribution in [0.15, 0.2) is 66.7 Å². The second-order valence-electron chi connectivity index (χ2n) is 10.0. The Balaban J connectivity index is 1.35. The van der Waals surface area contributed by atoms with Crippen molar-refractivity contribution >= 4 is 23.6 Å². The van der Waals surface area contributed by atoms with E-state index in [2.05, 4.69) is 10.6 Å². The van der Waals surface area contributed by atoms with Gasteiger partial charge in [-0.25, -0.2) is 4.79 Å². The summed E-state index contributed by atoms with van der Waals surface area (Å²) in [5.41, 5.74) is 0.172. The fraction of sp³-hybridized carbons (Fsp3) is 0.323. The number of rotatable bonds is 10. The summed E-state index contributed by atoms with van der Waals surface area (Å²) in [6.45, 7) is 2.50. The predicted molar refractivity (Wildman–Crippen MR) is 156 cm³/mol. The minimum absolute atomic E-state index is 0.0286. The number of aliphatic hydroxyl groups is 1. The van der Waals surface area contributed by atoms with Gasteiger partial charge >= 0.3 is 12.3 Å². The van der Waals surface area contributed by atoms with Crippen LogP contribution >= 0.6 is 0 Å². The second kappa shape index (κ2) is 14.7. The van der Waals surface area contributed by atoms with Gasteiger partial charge in [-0.2, -0.15) is 13.2 Å². The summed E-state index contributed by atoms with van der Waals surface area (Å²) in [7, 11) is 1.26. The highest BCUT2D eigenvalue weighted by atomic mass is 19.4. The summed E-state index contributed by atoms with van der Waals surface area (Å²) in [6, 6.07) is 16.0. The van der Waals surface area contributed by atoms with Gasteiger partial charge in [0.15, 0.2) is 0 Å². The molecule has 44 heavy (non-hydrogen) atoms. The summed E-state index contributed by atoms with van der Waals surface area (Å²) < 4.78 is 50.8. The van der Waals surface area contributed by atoms with Gasteiger partial charge in [-0.1, -0.05) is 18.2 Å². The molecule has 3 aromatic rings. The van der Waals surface area contributed by atoms with Crippen molar-refractivity contribution in [3.63, 3.8) is 0 Å². The first-order valence-electron chi connectivity index (χ1n) is 13.9. The molecule has 0 atom stereocenters. The topological polar surface area (TPSA) is 120 Å². The first-order chi connectivity index (χ1) is 21.1. The highest BCUT2D eigenvalue weighted by Crippen LogP contribution is 2.34. The van der Waals surface area contributed by atoms with Crippen LogP contribution in [0.5, 0.6) is 11.5 Å². The van der Waals surface area contributed by atoms with Gasteiger partial charge in [0.25, 0.3) is 5.91 Å². The Hall–Kier alpha value is -4.62. The lowest BCUT2D eigenvalue weighted by molar-refractivity contribution is -0.138. The zero-order chi connectivity index (χ0) is 31.7. The summed E-state index contributed by atoms with van der Waals surface area (Å²) in [5.74, 6) is -0.639. The van der Waals surface area contributed by atoms with Crippen molar-refractivity contribution in [2.24, 2.45) is 0 Å². The van der Waals surface area contributed by atoms with E-state index in [4.69, 9.17) is 9.47 Å². The molecule has 234 valence electrons. The maximum atomic E-state index is 13.5. The van der Waals surface area contributed by atoms with Gasteiger partial charge in [0.05, 0.1) is 25.7 Å². The first kappa shape index (κ1) is 32.3. The number of nitrogens with one attached hydrogen (secondary N) is 2. The maximum Gasteiger partial charge on any atom is 0.416 e. The van der Waals surface area contributed by atoms with Crippen LogP contribution in [0.1, 0.15) is 27.0 Å². The molecule has 0 spiro atoms. The van der Waals surface area contributed by atoms with Crippen LogP contribution in [0.2, 0.25) is 0 Å². The molecule has 0 unspecified atom stereocenters. The zero-order valence-electron chi connectivity index (χ0n) is 24.0. The van der Waals surface area contributed by atoms with E-state index in [-0.39, 0.29) is 42.5 Å². The molecular formula is C31H33F3N4O6. The van der Waals surface area contributed by atoms with Crippen molar-refractivity contribution in [2.75, 3.05) is 51.8 Å². The summed E-state index contributed by atoms with van der Waals surface area (Å²) in [5, 5.41) is 15.3. The van der Waals surface area contributed by atoms with Crippen molar-refractivity contribution in [3.05, 3.63) is 89.0 Å². The molecule has 0 bridgehead atoms. The fourth-order valence-corrected chi connectivity index (χ4v) is 4.63. The molecule has 4 rings (SSSR count). The summed E-state index contributed by atoms with van der Waals surface area (Å²) in [6.07, 6.45) is -5.60. The lowest BCUT2D eigenvalue weighted by Crippen LogP contribution is -2.47. The van der Waals surface area contributed by atoms with Gasteiger partial charge in [-0.3, -0.25) is 9.59 Å². The Morgan fingerprint density at radius 1 is 0.977 bits per heavy atom. The molecule has 1 heterocycles. The number of benzene rings is 3. The number of hydrogen-bond acceptors (Lipinski definition) is 7. The van der Waals surface area contributed by atoms with E-state index in [1.54, 1.807) is 29.2 Å². The smallest absolute Gasteiger partial charge is 0.416 e. The zero-order valence-corrected chi connectivity index (χ0v) is 24.0. The van der Waals surface area contributed by atoms with E-state index in [0.717, 1.165) is 11.6 Å². The SMILES string of the molecule is COc1ccc(CC(=O)Nc2ccc(C(=O)N(CCO)Cc3ccc(OC(=O)N4CCNCC4)cc3)cc2)c(C(F)(F)F)c1. The molecule has 0 radical (unpaired) electrons. The van der Waals surface area contributed by atoms with E-state index >= 15 is 0 Å². The van der Waals surface area contributed by atoms with Crippen LogP contribution in [0.4, 0.5) is 23.7 Å². The average molecular weight is 615 g/mol. The number of nitrogens with zero attached hydrogens (tertiary/aromatic N) is 2. The van der Waals surface area contributed by atoms with Gasteiger partial charge in [-0.15, -0.1) is 0 Å². The van der Waals surface area contributed by atoms with Crippen LogP contribution < -0.4 is 20.1 Å². The molecule has 1 aliphatic heterocycles. The fourth-order valence-electron chi connectivity index (χ4n) is 4.63. The first-order valence-corrected chi connectivity index (χ1v) is 13.9. The van der Waals surface area contributed by atoms with Crippen LogP contribution in [0.25, 0.3) is 0 Å². The Kier molecular flexibility index (Phi) is 10.8. The monoisotopic (exact) mass is 614 g/mol. The third kappa shape index (κ3) is 8.71. The molecule has 3 N–H and O–H groups in total. The number of amides is 3. The maximum absolute atomic E-state index is 13.5. The number of methoxy groups -OCH3 is 1. The Bertz CT molecular complexity index is 1440. The highest BCUT2D eigenvalue weighted by Gasteiger charge is 2.34.